The molecule has 4 nitrogen and oxygen atoms in total. The number of fused-ring (bicyclic) bond motifs is 2. The number of aromatic nitrogens is 2. The highest BCUT2D eigenvalue weighted by Gasteiger charge is 2.23. The number of hydrogen-bond donors (Lipinski definition) is 1. The highest BCUT2D eigenvalue weighted by molar-refractivity contribution is 6.30. The van der Waals surface area contributed by atoms with Crippen LogP contribution in [0.5, 0.6) is 0 Å². The van der Waals surface area contributed by atoms with Crippen molar-refractivity contribution in [3.8, 4) is 0 Å². The molecule has 0 fully saturated rings. The second kappa shape index (κ2) is 5.85. The number of anilines is 1. The highest BCUT2D eigenvalue weighted by Crippen LogP contribution is 2.28. The van der Waals surface area contributed by atoms with E-state index in [2.05, 4.69) is 58.4 Å². The largest absolute Gasteiger partial charge is 0.351 e. The molecule has 22 heavy (non-hydrogen) atoms. The molecule has 4 heteroatoms. The van der Waals surface area contributed by atoms with Gasteiger partial charge in [0.1, 0.15) is 5.82 Å². The summed E-state index contributed by atoms with van der Waals surface area (Å²) in [6, 6.07) is 14.2. The van der Waals surface area contributed by atoms with Crippen LogP contribution in [0.4, 0.5) is 5.82 Å². The Kier molecular flexibility index (Phi) is 3.74. The van der Waals surface area contributed by atoms with Crippen molar-refractivity contribution in [1.82, 2.24) is 9.55 Å². The van der Waals surface area contributed by atoms with Crippen molar-refractivity contribution >= 4 is 28.2 Å². The molecule has 0 unspecified atom stereocenters. The van der Waals surface area contributed by atoms with Crippen molar-refractivity contribution in [3.63, 3.8) is 0 Å². The van der Waals surface area contributed by atoms with Crippen LogP contribution in [0.25, 0.3) is 16.5 Å². The number of allylic oxidation sites excluding steroid dienone is 1. The van der Waals surface area contributed by atoms with Crippen LogP contribution in [-0.4, -0.2) is 15.5 Å². The van der Waals surface area contributed by atoms with Gasteiger partial charge in [-0.2, -0.15) is 0 Å². The van der Waals surface area contributed by atoms with Gasteiger partial charge >= 0.3 is 0 Å². The van der Waals surface area contributed by atoms with E-state index in [1.165, 1.54) is 10.9 Å². The van der Waals surface area contributed by atoms with E-state index in [1.807, 2.05) is 19.1 Å². The Balaban J connectivity index is 0.000000133. The lowest BCUT2D eigenvalue weighted by molar-refractivity contribution is -0.110. The number of amides is 1. The van der Waals surface area contributed by atoms with Crippen LogP contribution in [-0.2, 0) is 11.8 Å². The van der Waals surface area contributed by atoms with E-state index in [0.717, 1.165) is 5.56 Å². The Morgan fingerprint density at radius 2 is 1.95 bits per heavy atom. The Bertz CT molecular complexity index is 861. The maximum Gasteiger partial charge on any atom is 0.257 e. The molecule has 1 aliphatic heterocycles. The number of nitrogens with zero attached hydrogens (tertiary/aromatic N) is 2. The van der Waals surface area contributed by atoms with E-state index in [1.54, 1.807) is 12.3 Å². The summed E-state index contributed by atoms with van der Waals surface area (Å²) in [6.45, 7) is 1.84. The van der Waals surface area contributed by atoms with Gasteiger partial charge in [0.15, 0.2) is 0 Å². The van der Waals surface area contributed by atoms with Gasteiger partial charge in [-0.3, -0.25) is 4.79 Å². The van der Waals surface area contributed by atoms with Crippen molar-refractivity contribution in [2.24, 2.45) is 7.05 Å². The van der Waals surface area contributed by atoms with Gasteiger partial charge in [-0.25, -0.2) is 4.98 Å². The fourth-order valence-electron chi connectivity index (χ4n) is 2.53. The first kappa shape index (κ1) is 14.1. The van der Waals surface area contributed by atoms with Crippen LogP contribution in [0.15, 0.2) is 60.9 Å². The number of carbonyl (C=O) groups is 1. The Labute approximate surface area is 129 Å². The monoisotopic (exact) mass is 291 g/mol. The van der Waals surface area contributed by atoms with E-state index < -0.39 is 0 Å². The molecule has 0 saturated heterocycles. The van der Waals surface area contributed by atoms with Crippen molar-refractivity contribution < 1.29 is 4.79 Å². The topological polar surface area (TPSA) is 46.9 Å². The van der Waals surface area contributed by atoms with Gasteiger partial charge in [0.2, 0.25) is 0 Å². The molecule has 0 bridgehead atoms. The maximum atomic E-state index is 11.2. The number of hydrogen-bond acceptors (Lipinski definition) is 2. The van der Waals surface area contributed by atoms with Gasteiger partial charge in [-0.15, -0.1) is 0 Å². The average Bonchev–Trinajstić information content (AvgIpc) is 3.08. The summed E-state index contributed by atoms with van der Waals surface area (Å²) in [7, 11) is 2.06. The number of carbonyl (C=O) groups excluding carboxylic acids is 1. The summed E-state index contributed by atoms with van der Waals surface area (Å²) in [5, 5.41) is 3.99. The first-order valence-electron chi connectivity index (χ1n) is 7.14. The van der Waals surface area contributed by atoms with Crippen molar-refractivity contribution in [3.05, 3.63) is 66.5 Å². The fraction of sp³-hybridized carbons (Fsp3) is 0.111. The molecule has 110 valence electrons. The normalized spacial score (nSPS) is 14.5. The molecule has 2 aromatic heterocycles. The number of aryl methyl sites for hydroxylation is 1. The van der Waals surface area contributed by atoms with Crippen LogP contribution in [0.3, 0.4) is 0 Å². The van der Waals surface area contributed by atoms with E-state index in [0.29, 0.717) is 11.4 Å². The number of nitrogens with one attached hydrogen (secondary N) is 1. The quantitative estimate of drug-likeness (QED) is 0.643. The minimum Gasteiger partial charge on any atom is -0.351 e. The lowest BCUT2D eigenvalue weighted by Gasteiger charge is -1.92. The first-order chi connectivity index (χ1) is 10.7. The van der Waals surface area contributed by atoms with Crippen LogP contribution < -0.4 is 5.32 Å². The van der Waals surface area contributed by atoms with Crippen LogP contribution >= 0.6 is 0 Å². The van der Waals surface area contributed by atoms with Crippen molar-refractivity contribution in [2.75, 3.05) is 5.32 Å². The lowest BCUT2D eigenvalue weighted by Crippen LogP contribution is -2.03. The zero-order valence-corrected chi connectivity index (χ0v) is 12.6. The minimum absolute atomic E-state index is 0.0637. The van der Waals surface area contributed by atoms with Gasteiger partial charge in [-0.05, 0) is 36.6 Å². The van der Waals surface area contributed by atoms with Gasteiger partial charge in [0, 0.05) is 36.1 Å². The van der Waals surface area contributed by atoms with Gasteiger partial charge in [0.05, 0.1) is 0 Å². The third-order valence-corrected chi connectivity index (χ3v) is 3.66. The Morgan fingerprint density at radius 3 is 2.73 bits per heavy atom. The maximum absolute atomic E-state index is 11.2. The van der Waals surface area contributed by atoms with Gasteiger partial charge < -0.3 is 9.88 Å². The molecular formula is C18H17N3O. The predicted molar refractivity (Wildman–Crippen MR) is 89.4 cm³/mol. The molecule has 1 N–H and O–H groups in total. The molecular weight excluding hydrogens is 274 g/mol. The summed E-state index contributed by atoms with van der Waals surface area (Å²) in [5.41, 5.74) is 2.89. The Hall–Kier alpha value is -2.88. The molecule has 0 radical (unpaired) electrons. The van der Waals surface area contributed by atoms with Crippen LogP contribution in [0.2, 0.25) is 0 Å². The van der Waals surface area contributed by atoms with Crippen LogP contribution in [0.1, 0.15) is 12.5 Å². The van der Waals surface area contributed by atoms with Gasteiger partial charge in [-0.1, -0.05) is 24.3 Å². The summed E-state index contributed by atoms with van der Waals surface area (Å²) >= 11 is 0. The molecule has 1 amide bonds. The summed E-state index contributed by atoms with van der Waals surface area (Å²) < 4.78 is 2.12. The highest BCUT2D eigenvalue weighted by atomic mass is 16.2. The zero-order chi connectivity index (χ0) is 15.5. The molecule has 0 atom stereocenters. The summed E-state index contributed by atoms with van der Waals surface area (Å²) in [6.07, 6.45) is 5.53. The van der Waals surface area contributed by atoms with E-state index in [4.69, 9.17) is 0 Å². The first-order valence-corrected chi connectivity index (χ1v) is 7.14. The molecule has 4 rings (SSSR count). The van der Waals surface area contributed by atoms with E-state index >= 15 is 0 Å². The second-order valence-corrected chi connectivity index (χ2v) is 5.04. The molecule has 0 aliphatic carbocycles. The number of benzene rings is 1. The number of rotatable bonds is 0. The number of pyridine rings is 1. The molecule has 3 aromatic rings. The third-order valence-electron chi connectivity index (χ3n) is 3.66. The smallest absolute Gasteiger partial charge is 0.257 e. The van der Waals surface area contributed by atoms with Crippen LogP contribution in [0, 0.1) is 0 Å². The zero-order valence-electron chi connectivity index (χ0n) is 12.6. The minimum atomic E-state index is -0.0637. The molecule has 0 saturated carbocycles. The molecule has 1 aromatic carbocycles. The lowest BCUT2D eigenvalue weighted by atomic mass is 10.1. The van der Waals surface area contributed by atoms with Crippen molar-refractivity contribution in [2.45, 2.75) is 6.92 Å². The second-order valence-electron chi connectivity index (χ2n) is 5.04. The average molecular weight is 291 g/mol. The summed E-state index contributed by atoms with van der Waals surface area (Å²) in [5.74, 6) is 0.599. The summed E-state index contributed by atoms with van der Waals surface area (Å²) in [4.78, 5) is 15.3. The van der Waals surface area contributed by atoms with E-state index in [9.17, 15) is 4.79 Å². The van der Waals surface area contributed by atoms with Crippen molar-refractivity contribution in [1.29, 1.82) is 0 Å². The molecule has 3 heterocycles. The Morgan fingerprint density at radius 1 is 1.14 bits per heavy atom. The van der Waals surface area contributed by atoms with E-state index in [-0.39, 0.29) is 5.91 Å². The molecule has 0 spiro atoms. The fourth-order valence-corrected chi connectivity index (χ4v) is 2.53. The SMILES string of the molecule is C/C=C1\C(=O)Nc2ncccc21.Cn1ccc2ccccc21. The molecule has 1 aliphatic rings. The predicted octanol–water partition coefficient (Wildman–Crippen LogP) is 3.62. The standard InChI is InChI=1S/C9H8N2O.C9H9N/c1-2-6-7-4-3-5-10-8(7)11-9(6)12;1-10-7-6-8-4-2-3-5-9(8)10/h2-5H,1H3,(H,10,11,12);2-7H,1H3/b6-2-;. The van der Waals surface area contributed by atoms with Gasteiger partial charge in [0.25, 0.3) is 5.91 Å². The number of para-hydroxylation sites is 1. The third kappa shape index (κ3) is 2.51.